The van der Waals surface area contributed by atoms with E-state index in [2.05, 4.69) is 29.4 Å². The highest BCUT2D eigenvalue weighted by Crippen LogP contribution is 2.21. The third-order valence-electron chi connectivity index (χ3n) is 3.57. The molecule has 0 spiro atoms. The van der Waals surface area contributed by atoms with E-state index in [1.54, 1.807) is 6.33 Å². The minimum atomic E-state index is 0.0398. The van der Waals surface area contributed by atoms with Crippen molar-refractivity contribution in [1.82, 2.24) is 20.1 Å². The van der Waals surface area contributed by atoms with Crippen molar-refractivity contribution in [2.24, 2.45) is 0 Å². The molecule has 22 heavy (non-hydrogen) atoms. The predicted molar refractivity (Wildman–Crippen MR) is 89.3 cm³/mol. The Morgan fingerprint density at radius 3 is 2.73 bits per heavy atom. The minimum absolute atomic E-state index is 0.0398. The molecule has 0 aliphatic rings. The lowest BCUT2D eigenvalue weighted by Gasteiger charge is -2.14. The third-order valence-corrected chi connectivity index (χ3v) is 4.52. The molecule has 6 heteroatoms. The second-order valence-electron chi connectivity index (χ2n) is 5.14. The van der Waals surface area contributed by atoms with E-state index >= 15 is 0 Å². The molecule has 2 rings (SSSR count). The average molecular weight is 318 g/mol. The largest absolute Gasteiger partial charge is 0.353 e. The number of rotatable bonds is 7. The normalized spacial score (nSPS) is 10.9. The summed E-state index contributed by atoms with van der Waals surface area (Å²) in [7, 11) is 0. The first-order valence-corrected chi connectivity index (χ1v) is 8.52. The first-order chi connectivity index (χ1) is 10.7. The second-order valence-corrected chi connectivity index (χ2v) is 6.08. The van der Waals surface area contributed by atoms with Gasteiger partial charge in [-0.15, -0.1) is 10.2 Å². The Bertz CT molecular complexity index is 622. The molecule has 2 aromatic rings. The summed E-state index contributed by atoms with van der Waals surface area (Å²) in [4.78, 5) is 12.0. The van der Waals surface area contributed by atoms with Gasteiger partial charge >= 0.3 is 0 Å². The molecule has 5 nitrogen and oxygen atoms in total. The van der Waals surface area contributed by atoms with E-state index in [1.807, 2.05) is 35.8 Å². The molecule has 1 heterocycles. The highest BCUT2D eigenvalue weighted by atomic mass is 32.2. The molecule has 0 atom stereocenters. The van der Waals surface area contributed by atoms with Gasteiger partial charge in [0.2, 0.25) is 5.91 Å². The van der Waals surface area contributed by atoms with Crippen molar-refractivity contribution in [3.63, 3.8) is 0 Å². The van der Waals surface area contributed by atoms with Crippen molar-refractivity contribution in [3.8, 4) is 5.69 Å². The van der Waals surface area contributed by atoms with Crippen LogP contribution in [0.3, 0.4) is 0 Å². The summed E-state index contributed by atoms with van der Waals surface area (Å²) in [5.74, 6) is 0.388. The fraction of sp³-hybridized carbons (Fsp3) is 0.438. The summed E-state index contributed by atoms with van der Waals surface area (Å²) in [5.41, 5.74) is 2.18. The van der Waals surface area contributed by atoms with Crippen LogP contribution in [0, 0.1) is 6.92 Å². The topological polar surface area (TPSA) is 59.8 Å². The maximum Gasteiger partial charge on any atom is 0.230 e. The first-order valence-electron chi connectivity index (χ1n) is 7.53. The second kappa shape index (κ2) is 7.98. The Balaban J connectivity index is 2.02. The lowest BCUT2D eigenvalue weighted by atomic mass is 10.2. The summed E-state index contributed by atoms with van der Waals surface area (Å²) >= 11 is 1.41. The van der Waals surface area contributed by atoms with Gasteiger partial charge in [0.1, 0.15) is 6.33 Å². The smallest absolute Gasteiger partial charge is 0.230 e. The molecule has 118 valence electrons. The molecular formula is C16H22N4OS. The number of aryl methyl sites for hydroxylation is 1. The summed E-state index contributed by atoms with van der Waals surface area (Å²) < 4.78 is 1.92. The maximum absolute atomic E-state index is 12.0. The Hall–Kier alpha value is -1.82. The fourth-order valence-electron chi connectivity index (χ4n) is 2.21. The number of nitrogens with one attached hydrogen (secondary N) is 1. The van der Waals surface area contributed by atoms with Crippen molar-refractivity contribution in [2.45, 2.75) is 44.8 Å². The van der Waals surface area contributed by atoms with Crippen LogP contribution in [0.1, 0.15) is 32.3 Å². The molecule has 0 saturated carbocycles. The Morgan fingerprint density at radius 1 is 1.32 bits per heavy atom. The molecule has 0 aliphatic carbocycles. The molecule has 0 aliphatic heterocycles. The van der Waals surface area contributed by atoms with Gasteiger partial charge in [-0.2, -0.15) is 0 Å². The Labute approximate surface area is 135 Å². The zero-order valence-electron chi connectivity index (χ0n) is 13.2. The van der Waals surface area contributed by atoms with E-state index < -0.39 is 0 Å². The van der Waals surface area contributed by atoms with Crippen molar-refractivity contribution in [3.05, 3.63) is 36.2 Å². The standard InChI is InChI=1S/C16H22N4OS/c1-4-13(5-2)18-15(21)10-22-16-19-17-11-20(16)14-9-7-6-8-12(14)3/h6-9,11,13H,4-5,10H2,1-3H3,(H,18,21). The van der Waals surface area contributed by atoms with Crippen LogP contribution >= 0.6 is 11.8 Å². The van der Waals surface area contributed by atoms with E-state index in [0.29, 0.717) is 5.75 Å². The van der Waals surface area contributed by atoms with Crippen molar-refractivity contribution < 1.29 is 4.79 Å². The number of hydrogen-bond acceptors (Lipinski definition) is 4. The average Bonchev–Trinajstić information content (AvgIpc) is 2.99. The maximum atomic E-state index is 12.0. The number of thioether (sulfide) groups is 1. The first kappa shape index (κ1) is 16.5. The van der Waals surface area contributed by atoms with E-state index in [0.717, 1.165) is 29.2 Å². The quantitative estimate of drug-likeness (QED) is 0.797. The van der Waals surface area contributed by atoms with Crippen LogP contribution in [0.4, 0.5) is 0 Å². The van der Waals surface area contributed by atoms with Crippen LogP contribution in [-0.2, 0) is 4.79 Å². The number of benzene rings is 1. The Kier molecular flexibility index (Phi) is 6.00. The van der Waals surface area contributed by atoms with E-state index in [-0.39, 0.29) is 11.9 Å². The lowest BCUT2D eigenvalue weighted by molar-refractivity contribution is -0.119. The molecule has 1 aromatic heterocycles. The number of para-hydroxylation sites is 1. The highest BCUT2D eigenvalue weighted by molar-refractivity contribution is 7.99. The summed E-state index contributed by atoms with van der Waals surface area (Å²) in [6, 6.07) is 8.30. The predicted octanol–water partition coefficient (Wildman–Crippen LogP) is 2.97. The van der Waals surface area contributed by atoms with Gasteiger partial charge < -0.3 is 5.32 Å². The number of carbonyl (C=O) groups excluding carboxylic acids is 1. The summed E-state index contributed by atoms with van der Waals surface area (Å²) in [6.07, 6.45) is 3.59. The van der Waals surface area contributed by atoms with Crippen LogP contribution in [0.25, 0.3) is 5.69 Å². The van der Waals surface area contributed by atoms with Gasteiger partial charge in [0.15, 0.2) is 5.16 Å². The molecular weight excluding hydrogens is 296 g/mol. The van der Waals surface area contributed by atoms with E-state index in [4.69, 9.17) is 0 Å². The molecule has 0 fully saturated rings. The van der Waals surface area contributed by atoms with Crippen molar-refractivity contribution in [2.75, 3.05) is 5.75 Å². The van der Waals surface area contributed by atoms with Crippen LogP contribution in [-0.4, -0.2) is 32.5 Å². The van der Waals surface area contributed by atoms with Gasteiger partial charge in [0.25, 0.3) is 0 Å². The van der Waals surface area contributed by atoms with Gasteiger partial charge in [-0.05, 0) is 31.4 Å². The van der Waals surface area contributed by atoms with Crippen LogP contribution in [0.2, 0.25) is 0 Å². The van der Waals surface area contributed by atoms with Gasteiger partial charge in [-0.1, -0.05) is 43.8 Å². The van der Waals surface area contributed by atoms with Crippen LogP contribution in [0.5, 0.6) is 0 Å². The van der Waals surface area contributed by atoms with E-state index in [1.165, 1.54) is 11.8 Å². The molecule has 0 unspecified atom stereocenters. The zero-order chi connectivity index (χ0) is 15.9. The van der Waals surface area contributed by atoms with Crippen molar-refractivity contribution in [1.29, 1.82) is 0 Å². The van der Waals surface area contributed by atoms with Gasteiger partial charge in [-0.3, -0.25) is 9.36 Å². The fourth-order valence-corrected chi connectivity index (χ4v) is 2.95. The molecule has 0 bridgehead atoms. The number of hydrogen-bond donors (Lipinski definition) is 1. The van der Waals surface area contributed by atoms with E-state index in [9.17, 15) is 4.79 Å². The highest BCUT2D eigenvalue weighted by Gasteiger charge is 2.13. The molecule has 0 radical (unpaired) electrons. The number of amides is 1. The summed E-state index contributed by atoms with van der Waals surface area (Å²) in [6.45, 7) is 6.20. The van der Waals surface area contributed by atoms with Gasteiger partial charge in [0, 0.05) is 6.04 Å². The Morgan fingerprint density at radius 2 is 2.05 bits per heavy atom. The minimum Gasteiger partial charge on any atom is -0.353 e. The van der Waals surface area contributed by atoms with Crippen LogP contribution < -0.4 is 5.32 Å². The monoisotopic (exact) mass is 318 g/mol. The molecule has 1 aromatic carbocycles. The molecule has 1 amide bonds. The van der Waals surface area contributed by atoms with Crippen molar-refractivity contribution >= 4 is 17.7 Å². The van der Waals surface area contributed by atoms with Gasteiger partial charge in [0.05, 0.1) is 11.4 Å². The lowest BCUT2D eigenvalue weighted by Crippen LogP contribution is -2.35. The number of aromatic nitrogens is 3. The molecule has 1 N–H and O–H groups in total. The van der Waals surface area contributed by atoms with Crippen LogP contribution in [0.15, 0.2) is 35.7 Å². The zero-order valence-corrected chi connectivity index (χ0v) is 14.1. The third kappa shape index (κ3) is 4.10. The number of carbonyl (C=O) groups is 1. The molecule has 0 saturated heterocycles. The summed E-state index contributed by atoms with van der Waals surface area (Å²) in [5, 5.41) is 11.9. The SMILES string of the molecule is CCC(CC)NC(=O)CSc1nncn1-c1ccccc1C. The van der Waals surface area contributed by atoms with Gasteiger partial charge in [-0.25, -0.2) is 0 Å². The number of nitrogens with zero attached hydrogens (tertiary/aromatic N) is 3.